The fourth-order valence-electron chi connectivity index (χ4n) is 1.63. The lowest BCUT2D eigenvalue weighted by molar-refractivity contribution is -0.132. The molecule has 0 aromatic rings. The van der Waals surface area contributed by atoms with Gasteiger partial charge in [0.05, 0.1) is 0 Å². The first-order valence-corrected chi connectivity index (χ1v) is 4.38. The van der Waals surface area contributed by atoms with Gasteiger partial charge in [0.15, 0.2) is 0 Å². The van der Waals surface area contributed by atoms with E-state index < -0.39 is 0 Å². The third-order valence-electron chi connectivity index (χ3n) is 2.34. The Labute approximate surface area is 73.2 Å². The van der Waals surface area contributed by atoms with Crippen LogP contribution < -0.4 is 0 Å². The van der Waals surface area contributed by atoms with Gasteiger partial charge in [0.1, 0.15) is 0 Å². The Balaban J connectivity index is 2.49. The number of rotatable bonds is 1. The van der Waals surface area contributed by atoms with Crippen molar-refractivity contribution in [2.45, 2.75) is 32.2 Å². The SMILES string of the molecule is [C-]#[N+]CC(=O)N1CCCCC1C. The minimum Gasteiger partial charge on any atom is -0.334 e. The summed E-state index contributed by atoms with van der Waals surface area (Å²) in [6.07, 6.45) is 3.39. The predicted octanol–water partition coefficient (Wildman–Crippen LogP) is 1.31. The summed E-state index contributed by atoms with van der Waals surface area (Å²) in [6.45, 7) is 9.51. The fraction of sp³-hybridized carbons (Fsp3) is 0.778. The number of carbonyl (C=O) groups excluding carboxylic acids is 1. The van der Waals surface area contributed by atoms with Crippen LogP contribution in [0.5, 0.6) is 0 Å². The highest BCUT2D eigenvalue weighted by Crippen LogP contribution is 2.16. The molecule has 0 bridgehead atoms. The first kappa shape index (κ1) is 9.05. The zero-order valence-electron chi connectivity index (χ0n) is 7.42. The average molecular weight is 166 g/mol. The summed E-state index contributed by atoms with van der Waals surface area (Å²) in [7, 11) is 0. The van der Waals surface area contributed by atoms with Crippen molar-refractivity contribution in [3.63, 3.8) is 0 Å². The largest absolute Gasteiger partial charge is 0.334 e. The molecule has 0 N–H and O–H groups in total. The molecule has 0 aliphatic carbocycles. The number of nitrogens with zero attached hydrogens (tertiary/aromatic N) is 2. The third kappa shape index (κ3) is 1.97. The van der Waals surface area contributed by atoms with E-state index in [0.717, 1.165) is 19.4 Å². The molecule has 0 aromatic carbocycles. The lowest BCUT2D eigenvalue weighted by Crippen LogP contribution is -2.42. The Bertz CT molecular complexity index is 207. The molecule has 1 rings (SSSR count). The van der Waals surface area contributed by atoms with Crippen LogP contribution in [0.25, 0.3) is 4.85 Å². The number of carbonyl (C=O) groups is 1. The molecule has 1 saturated heterocycles. The molecule has 66 valence electrons. The van der Waals surface area contributed by atoms with Gasteiger partial charge >= 0.3 is 5.91 Å². The zero-order chi connectivity index (χ0) is 8.97. The molecule has 3 nitrogen and oxygen atoms in total. The summed E-state index contributed by atoms with van der Waals surface area (Å²) < 4.78 is 0. The van der Waals surface area contributed by atoms with Crippen molar-refractivity contribution in [1.29, 1.82) is 0 Å². The van der Waals surface area contributed by atoms with E-state index in [1.807, 2.05) is 4.90 Å². The highest BCUT2D eigenvalue weighted by Gasteiger charge is 2.24. The van der Waals surface area contributed by atoms with E-state index in [4.69, 9.17) is 6.57 Å². The molecule has 3 heteroatoms. The van der Waals surface area contributed by atoms with E-state index in [-0.39, 0.29) is 12.5 Å². The minimum absolute atomic E-state index is 0.00259. The number of likely N-dealkylation sites (tertiary alicyclic amines) is 1. The van der Waals surface area contributed by atoms with Crippen LogP contribution in [-0.4, -0.2) is 29.9 Å². The summed E-state index contributed by atoms with van der Waals surface area (Å²) in [4.78, 5) is 16.3. The molecular weight excluding hydrogens is 152 g/mol. The van der Waals surface area contributed by atoms with Gasteiger partial charge in [-0.15, -0.1) is 0 Å². The van der Waals surface area contributed by atoms with Crippen molar-refractivity contribution in [3.05, 3.63) is 11.4 Å². The van der Waals surface area contributed by atoms with Gasteiger partial charge < -0.3 is 9.74 Å². The highest BCUT2D eigenvalue weighted by molar-refractivity contribution is 5.80. The number of hydrogen-bond donors (Lipinski definition) is 0. The molecule has 1 amide bonds. The smallest absolute Gasteiger partial charge is 0.302 e. The maximum absolute atomic E-state index is 11.3. The molecule has 1 aliphatic rings. The van der Waals surface area contributed by atoms with Crippen molar-refractivity contribution in [3.8, 4) is 0 Å². The van der Waals surface area contributed by atoms with Crippen LogP contribution in [-0.2, 0) is 4.79 Å². The molecule has 1 unspecified atom stereocenters. The van der Waals surface area contributed by atoms with Gasteiger partial charge in [-0.3, -0.25) is 4.79 Å². The first-order chi connectivity index (χ1) is 5.75. The van der Waals surface area contributed by atoms with E-state index in [9.17, 15) is 4.79 Å². The van der Waals surface area contributed by atoms with Crippen molar-refractivity contribution in [2.75, 3.05) is 13.1 Å². The van der Waals surface area contributed by atoms with E-state index in [1.165, 1.54) is 6.42 Å². The number of hydrogen-bond acceptors (Lipinski definition) is 1. The lowest BCUT2D eigenvalue weighted by atomic mass is 10.0. The minimum atomic E-state index is -0.00259. The van der Waals surface area contributed by atoms with Gasteiger partial charge in [0.25, 0.3) is 6.54 Å². The standard InChI is InChI=1S/C9H14N2O/c1-8-5-3-4-6-11(8)9(12)7-10-2/h8H,3-7H2,1H3. The molecule has 1 atom stereocenters. The van der Waals surface area contributed by atoms with Crippen LogP contribution in [0.4, 0.5) is 0 Å². The van der Waals surface area contributed by atoms with Crippen LogP contribution in [0.2, 0.25) is 0 Å². The molecule has 0 saturated carbocycles. The van der Waals surface area contributed by atoms with E-state index >= 15 is 0 Å². The number of piperidine rings is 1. The first-order valence-electron chi connectivity index (χ1n) is 4.38. The molecule has 1 heterocycles. The second-order valence-electron chi connectivity index (χ2n) is 3.25. The normalized spacial score (nSPS) is 23.3. The Morgan fingerprint density at radius 2 is 2.42 bits per heavy atom. The summed E-state index contributed by atoms with van der Waals surface area (Å²) in [5, 5.41) is 0. The third-order valence-corrected chi connectivity index (χ3v) is 2.34. The topological polar surface area (TPSA) is 24.7 Å². The van der Waals surface area contributed by atoms with Crippen LogP contribution >= 0.6 is 0 Å². The van der Waals surface area contributed by atoms with Gasteiger partial charge in [-0.2, -0.15) is 0 Å². The zero-order valence-corrected chi connectivity index (χ0v) is 7.42. The monoisotopic (exact) mass is 166 g/mol. The van der Waals surface area contributed by atoms with Gasteiger partial charge in [-0.1, -0.05) is 0 Å². The predicted molar refractivity (Wildman–Crippen MR) is 46.5 cm³/mol. The highest BCUT2D eigenvalue weighted by atomic mass is 16.2. The maximum atomic E-state index is 11.3. The van der Waals surface area contributed by atoms with Crippen molar-refractivity contribution in [2.24, 2.45) is 0 Å². The second kappa shape index (κ2) is 4.10. The summed E-state index contributed by atoms with van der Waals surface area (Å²) >= 11 is 0. The van der Waals surface area contributed by atoms with Crippen LogP contribution in [0.15, 0.2) is 0 Å². The van der Waals surface area contributed by atoms with E-state index in [0.29, 0.717) is 6.04 Å². The molecule has 1 aliphatic heterocycles. The number of amides is 1. The Morgan fingerprint density at radius 3 is 3.00 bits per heavy atom. The summed E-state index contributed by atoms with van der Waals surface area (Å²) in [5.74, 6) is -0.00259. The molecule has 0 aromatic heterocycles. The van der Waals surface area contributed by atoms with Crippen molar-refractivity contribution in [1.82, 2.24) is 4.90 Å². The molecular formula is C9H14N2O. The van der Waals surface area contributed by atoms with Crippen LogP contribution in [0.3, 0.4) is 0 Å². The summed E-state index contributed by atoms with van der Waals surface area (Å²) in [5.41, 5.74) is 0. The second-order valence-corrected chi connectivity index (χ2v) is 3.25. The quantitative estimate of drug-likeness (QED) is 0.539. The Kier molecular flexibility index (Phi) is 3.09. The lowest BCUT2D eigenvalue weighted by Gasteiger charge is -2.31. The van der Waals surface area contributed by atoms with E-state index in [2.05, 4.69) is 11.8 Å². The van der Waals surface area contributed by atoms with Crippen molar-refractivity contribution >= 4 is 5.91 Å². The van der Waals surface area contributed by atoms with Gasteiger partial charge in [-0.05, 0) is 26.2 Å². The van der Waals surface area contributed by atoms with Crippen LogP contribution in [0, 0.1) is 6.57 Å². The summed E-state index contributed by atoms with van der Waals surface area (Å²) in [6, 6.07) is 0.341. The maximum Gasteiger partial charge on any atom is 0.302 e. The fourth-order valence-corrected chi connectivity index (χ4v) is 1.63. The molecule has 12 heavy (non-hydrogen) atoms. The van der Waals surface area contributed by atoms with Gasteiger partial charge in [0, 0.05) is 12.6 Å². The van der Waals surface area contributed by atoms with Gasteiger partial charge in [-0.25, -0.2) is 6.57 Å². The Morgan fingerprint density at radius 1 is 1.67 bits per heavy atom. The molecule has 0 radical (unpaired) electrons. The van der Waals surface area contributed by atoms with Gasteiger partial charge in [0.2, 0.25) is 0 Å². The molecule has 1 fully saturated rings. The van der Waals surface area contributed by atoms with Crippen LogP contribution in [0.1, 0.15) is 26.2 Å². The van der Waals surface area contributed by atoms with E-state index in [1.54, 1.807) is 0 Å². The Hall–Kier alpha value is -1.04. The molecule has 0 spiro atoms. The van der Waals surface area contributed by atoms with Crippen molar-refractivity contribution < 1.29 is 4.79 Å². The average Bonchev–Trinajstić information content (AvgIpc) is 2.05.